The van der Waals surface area contributed by atoms with Crippen molar-refractivity contribution in [1.82, 2.24) is 5.32 Å². The molecule has 1 aromatic carbocycles. The molecular weight excluding hydrogens is 263 g/mol. The minimum Gasteiger partial charge on any atom is -0.505 e. The first-order chi connectivity index (χ1) is 7.18. The molecule has 0 amide bonds. The molecule has 0 saturated carbocycles. The highest BCUT2D eigenvalue weighted by Gasteiger charge is 2.16. The number of piperazine rings is 1. The maximum atomic E-state index is 13.2. The molecule has 1 fully saturated rings. The van der Waals surface area contributed by atoms with Crippen molar-refractivity contribution in [2.45, 2.75) is 0 Å². The lowest BCUT2D eigenvalue weighted by molar-refractivity contribution is 0.464. The van der Waals surface area contributed by atoms with Gasteiger partial charge in [-0.15, -0.1) is 0 Å². The number of phenols is 1. The van der Waals surface area contributed by atoms with Gasteiger partial charge in [-0.1, -0.05) is 0 Å². The molecule has 0 atom stereocenters. The predicted molar refractivity (Wildman–Crippen MR) is 60.8 cm³/mol. The van der Waals surface area contributed by atoms with Crippen LogP contribution in [0.5, 0.6) is 5.75 Å². The smallest absolute Gasteiger partial charge is 0.153 e. The van der Waals surface area contributed by atoms with Crippen LogP contribution in [0.15, 0.2) is 16.6 Å². The topological polar surface area (TPSA) is 35.5 Å². The molecule has 0 bridgehead atoms. The summed E-state index contributed by atoms with van der Waals surface area (Å²) in [7, 11) is 0. The molecule has 0 unspecified atom stereocenters. The summed E-state index contributed by atoms with van der Waals surface area (Å²) in [6, 6.07) is 2.63. The summed E-state index contributed by atoms with van der Waals surface area (Å²) >= 11 is 3.13. The van der Waals surface area contributed by atoms with E-state index in [0.717, 1.165) is 26.2 Å². The van der Waals surface area contributed by atoms with Crippen LogP contribution in [-0.4, -0.2) is 31.3 Å². The van der Waals surface area contributed by atoms with Crippen molar-refractivity contribution in [3.05, 3.63) is 22.4 Å². The highest BCUT2D eigenvalue weighted by atomic mass is 79.9. The van der Waals surface area contributed by atoms with E-state index in [9.17, 15) is 9.50 Å². The zero-order chi connectivity index (χ0) is 10.8. The standard InChI is InChI=1S/C10H12BrFN2O/c11-8-5-7(12)6-9(10(8)15)14-3-1-13-2-4-14/h5-6,13,15H,1-4H2. The number of aromatic hydroxyl groups is 1. The predicted octanol–water partition coefficient (Wildman–Crippen LogP) is 1.70. The first kappa shape index (κ1) is 10.7. The van der Waals surface area contributed by atoms with Gasteiger partial charge in [0, 0.05) is 32.2 Å². The number of hydrogen-bond donors (Lipinski definition) is 2. The van der Waals surface area contributed by atoms with Crippen LogP contribution in [0.4, 0.5) is 10.1 Å². The SMILES string of the molecule is Oc1c(Br)cc(F)cc1N1CCNCC1. The zero-order valence-electron chi connectivity index (χ0n) is 8.13. The molecule has 2 rings (SSSR count). The minimum atomic E-state index is -0.340. The summed E-state index contributed by atoms with van der Waals surface area (Å²) in [6.07, 6.45) is 0. The first-order valence-electron chi connectivity index (χ1n) is 4.82. The largest absolute Gasteiger partial charge is 0.505 e. The third kappa shape index (κ3) is 2.23. The summed E-state index contributed by atoms with van der Waals surface area (Å²) in [5, 5.41) is 13.0. The van der Waals surface area contributed by atoms with Crippen molar-refractivity contribution in [2.75, 3.05) is 31.1 Å². The van der Waals surface area contributed by atoms with Crippen LogP contribution >= 0.6 is 15.9 Å². The average molecular weight is 275 g/mol. The summed E-state index contributed by atoms with van der Waals surface area (Å²) in [4.78, 5) is 1.97. The van der Waals surface area contributed by atoms with Crippen LogP contribution in [0.1, 0.15) is 0 Å². The van der Waals surface area contributed by atoms with Gasteiger partial charge in [-0.05, 0) is 22.0 Å². The molecule has 0 radical (unpaired) electrons. The van der Waals surface area contributed by atoms with E-state index < -0.39 is 0 Å². The molecule has 1 heterocycles. The average Bonchev–Trinajstić information content (AvgIpc) is 2.24. The van der Waals surface area contributed by atoms with Gasteiger partial charge in [0.1, 0.15) is 5.82 Å². The molecule has 1 aromatic rings. The third-order valence-electron chi connectivity index (χ3n) is 2.47. The van der Waals surface area contributed by atoms with Gasteiger partial charge in [0.15, 0.2) is 5.75 Å². The van der Waals surface area contributed by atoms with Crippen LogP contribution in [0, 0.1) is 5.82 Å². The van der Waals surface area contributed by atoms with Gasteiger partial charge in [-0.2, -0.15) is 0 Å². The highest BCUT2D eigenvalue weighted by Crippen LogP contribution is 2.35. The Morgan fingerprint density at radius 1 is 1.33 bits per heavy atom. The van der Waals surface area contributed by atoms with E-state index in [1.807, 2.05) is 4.90 Å². The van der Waals surface area contributed by atoms with E-state index in [4.69, 9.17) is 0 Å². The maximum Gasteiger partial charge on any atom is 0.153 e. The van der Waals surface area contributed by atoms with Gasteiger partial charge in [0.2, 0.25) is 0 Å². The van der Waals surface area contributed by atoms with Crippen LogP contribution < -0.4 is 10.2 Å². The normalized spacial score (nSPS) is 16.8. The molecule has 1 saturated heterocycles. The molecule has 2 N–H and O–H groups in total. The Hall–Kier alpha value is -0.810. The van der Waals surface area contributed by atoms with Crippen LogP contribution in [-0.2, 0) is 0 Å². The Kier molecular flexibility index (Phi) is 3.11. The third-order valence-corrected chi connectivity index (χ3v) is 3.07. The lowest BCUT2D eigenvalue weighted by Gasteiger charge is -2.30. The van der Waals surface area contributed by atoms with Crippen LogP contribution in [0.2, 0.25) is 0 Å². The van der Waals surface area contributed by atoms with Crippen molar-refractivity contribution < 1.29 is 9.50 Å². The molecule has 1 aliphatic heterocycles. The van der Waals surface area contributed by atoms with E-state index in [1.165, 1.54) is 12.1 Å². The molecule has 82 valence electrons. The second kappa shape index (κ2) is 4.37. The van der Waals surface area contributed by atoms with Crippen molar-refractivity contribution in [3.63, 3.8) is 0 Å². The van der Waals surface area contributed by atoms with Crippen LogP contribution in [0.25, 0.3) is 0 Å². The summed E-state index contributed by atoms with van der Waals surface area (Å²) < 4.78 is 13.6. The zero-order valence-corrected chi connectivity index (χ0v) is 9.72. The van der Waals surface area contributed by atoms with Crippen molar-refractivity contribution in [2.24, 2.45) is 0 Å². The molecule has 0 aromatic heterocycles. The Bertz CT molecular complexity index is 367. The van der Waals surface area contributed by atoms with E-state index >= 15 is 0 Å². The molecule has 3 nitrogen and oxygen atoms in total. The fourth-order valence-corrected chi connectivity index (χ4v) is 2.12. The number of rotatable bonds is 1. The van der Waals surface area contributed by atoms with Gasteiger partial charge < -0.3 is 15.3 Å². The minimum absolute atomic E-state index is 0.110. The second-order valence-corrected chi connectivity index (χ2v) is 4.35. The number of benzene rings is 1. The van der Waals surface area contributed by atoms with Gasteiger partial charge in [-0.25, -0.2) is 4.39 Å². The first-order valence-corrected chi connectivity index (χ1v) is 5.61. The molecular formula is C10H12BrFN2O. The van der Waals surface area contributed by atoms with E-state index in [-0.39, 0.29) is 11.6 Å². The van der Waals surface area contributed by atoms with Gasteiger partial charge in [0.05, 0.1) is 10.2 Å². The van der Waals surface area contributed by atoms with Gasteiger partial charge in [-0.3, -0.25) is 0 Å². The number of nitrogens with zero attached hydrogens (tertiary/aromatic N) is 1. The fraction of sp³-hybridized carbons (Fsp3) is 0.400. The van der Waals surface area contributed by atoms with E-state index in [1.54, 1.807) is 0 Å². The van der Waals surface area contributed by atoms with Gasteiger partial charge >= 0.3 is 0 Å². The number of nitrogens with one attached hydrogen (secondary N) is 1. The highest BCUT2D eigenvalue weighted by molar-refractivity contribution is 9.10. The Morgan fingerprint density at radius 3 is 2.67 bits per heavy atom. The Labute approximate surface area is 96.0 Å². The lowest BCUT2D eigenvalue weighted by Crippen LogP contribution is -2.43. The molecule has 15 heavy (non-hydrogen) atoms. The summed E-state index contributed by atoms with van der Waals surface area (Å²) in [5.41, 5.74) is 0.559. The van der Waals surface area contributed by atoms with E-state index in [2.05, 4.69) is 21.2 Å². The number of hydrogen-bond acceptors (Lipinski definition) is 3. The molecule has 0 aliphatic carbocycles. The van der Waals surface area contributed by atoms with Crippen molar-refractivity contribution >= 4 is 21.6 Å². The lowest BCUT2D eigenvalue weighted by atomic mass is 10.2. The maximum absolute atomic E-state index is 13.2. The van der Waals surface area contributed by atoms with Crippen molar-refractivity contribution in [1.29, 1.82) is 0 Å². The number of anilines is 1. The summed E-state index contributed by atoms with van der Waals surface area (Å²) in [5.74, 6) is -0.230. The van der Waals surface area contributed by atoms with E-state index in [0.29, 0.717) is 10.2 Å². The quantitative estimate of drug-likeness (QED) is 0.819. The second-order valence-electron chi connectivity index (χ2n) is 3.49. The molecule has 1 aliphatic rings. The van der Waals surface area contributed by atoms with Crippen molar-refractivity contribution in [3.8, 4) is 5.75 Å². The fourth-order valence-electron chi connectivity index (χ4n) is 1.70. The Balaban J connectivity index is 2.33. The van der Waals surface area contributed by atoms with Gasteiger partial charge in [0.25, 0.3) is 0 Å². The number of phenolic OH excluding ortho intramolecular Hbond substituents is 1. The Morgan fingerprint density at radius 2 is 2.00 bits per heavy atom. The summed E-state index contributed by atoms with van der Waals surface area (Å²) in [6.45, 7) is 3.27. The number of halogens is 2. The monoisotopic (exact) mass is 274 g/mol. The van der Waals surface area contributed by atoms with Crippen LogP contribution in [0.3, 0.4) is 0 Å². The molecule has 5 heteroatoms. The molecule has 0 spiro atoms.